The first kappa shape index (κ1) is 16.3. The van der Waals surface area contributed by atoms with Crippen molar-refractivity contribution in [3.8, 4) is 0 Å². The fraction of sp³-hybridized carbons (Fsp3) is 0.333. The number of imidazole rings is 1. The Morgan fingerprint density at radius 2 is 1.77 bits per heavy atom. The second-order valence-electron chi connectivity index (χ2n) is 6.60. The topological polar surface area (TPSA) is 79.8 Å². The highest BCUT2D eigenvalue weighted by Gasteiger charge is 2.22. The SMILES string of the molecule is Cc1ccc(C)c(N2CCN(c3ccc4ncc([N+](=O)[O-])n4n3)CC2)c1. The maximum atomic E-state index is 11.1. The highest BCUT2D eigenvalue weighted by atomic mass is 16.6. The largest absolute Gasteiger partial charge is 0.368 e. The first-order valence-electron chi connectivity index (χ1n) is 8.59. The van der Waals surface area contributed by atoms with E-state index in [0.717, 1.165) is 32.0 Å². The number of anilines is 2. The van der Waals surface area contributed by atoms with Gasteiger partial charge < -0.3 is 19.9 Å². The fourth-order valence-corrected chi connectivity index (χ4v) is 3.38. The monoisotopic (exact) mass is 352 g/mol. The molecule has 0 spiro atoms. The van der Waals surface area contributed by atoms with Gasteiger partial charge in [-0.1, -0.05) is 21.7 Å². The summed E-state index contributed by atoms with van der Waals surface area (Å²) < 4.78 is 1.30. The van der Waals surface area contributed by atoms with E-state index in [1.165, 1.54) is 27.5 Å². The van der Waals surface area contributed by atoms with Gasteiger partial charge in [0.25, 0.3) is 0 Å². The molecule has 1 saturated heterocycles. The van der Waals surface area contributed by atoms with Crippen LogP contribution in [-0.4, -0.2) is 45.7 Å². The Kier molecular flexibility index (Phi) is 3.95. The predicted molar refractivity (Wildman–Crippen MR) is 100.0 cm³/mol. The van der Waals surface area contributed by atoms with Crippen molar-refractivity contribution in [3.63, 3.8) is 0 Å². The van der Waals surface area contributed by atoms with Crippen molar-refractivity contribution in [2.45, 2.75) is 13.8 Å². The van der Waals surface area contributed by atoms with Gasteiger partial charge >= 0.3 is 5.82 Å². The lowest BCUT2D eigenvalue weighted by molar-refractivity contribution is -0.391. The first-order chi connectivity index (χ1) is 12.5. The van der Waals surface area contributed by atoms with Crippen LogP contribution in [0, 0.1) is 24.0 Å². The maximum absolute atomic E-state index is 11.1. The molecule has 2 aromatic heterocycles. The molecule has 1 fully saturated rings. The van der Waals surface area contributed by atoms with Crippen LogP contribution >= 0.6 is 0 Å². The molecule has 3 heterocycles. The van der Waals surface area contributed by atoms with E-state index in [9.17, 15) is 10.1 Å². The summed E-state index contributed by atoms with van der Waals surface area (Å²) in [6.07, 6.45) is 1.24. The standard InChI is InChI=1S/C18H20N6O2/c1-13-3-4-14(2)15(11-13)21-7-9-22(10-8-21)17-6-5-16-19-12-18(24(25)26)23(16)20-17/h3-6,11-12H,7-10H2,1-2H3. The normalized spacial score (nSPS) is 14.8. The second-order valence-corrected chi connectivity index (χ2v) is 6.60. The summed E-state index contributed by atoms with van der Waals surface area (Å²) in [5, 5.41) is 15.5. The van der Waals surface area contributed by atoms with Gasteiger partial charge in [0.2, 0.25) is 5.65 Å². The van der Waals surface area contributed by atoms with Crippen LogP contribution in [0.4, 0.5) is 17.3 Å². The minimum Gasteiger partial charge on any atom is -0.368 e. The molecule has 1 aromatic carbocycles. The van der Waals surface area contributed by atoms with Gasteiger partial charge in [-0.15, -0.1) is 0 Å². The molecule has 26 heavy (non-hydrogen) atoms. The van der Waals surface area contributed by atoms with Gasteiger partial charge in [0.15, 0.2) is 5.82 Å². The summed E-state index contributed by atoms with van der Waals surface area (Å²) in [4.78, 5) is 19.2. The van der Waals surface area contributed by atoms with Crippen LogP contribution in [0.2, 0.25) is 0 Å². The molecule has 0 N–H and O–H groups in total. The van der Waals surface area contributed by atoms with Crippen LogP contribution in [0.25, 0.3) is 5.65 Å². The molecule has 134 valence electrons. The highest BCUT2D eigenvalue weighted by Crippen LogP contribution is 2.24. The number of hydrogen-bond acceptors (Lipinski definition) is 6. The molecule has 0 atom stereocenters. The summed E-state index contributed by atoms with van der Waals surface area (Å²) in [6, 6.07) is 10.2. The average molecular weight is 352 g/mol. The number of nitrogens with zero attached hydrogens (tertiary/aromatic N) is 6. The molecule has 1 aliphatic rings. The number of nitro groups is 1. The average Bonchev–Trinajstić information content (AvgIpc) is 3.07. The van der Waals surface area contributed by atoms with Crippen LogP contribution in [0.5, 0.6) is 0 Å². The minimum atomic E-state index is -0.463. The third-order valence-electron chi connectivity index (χ3n) is 4.83. The molecule has 0 radical (unpaired) electrons. The number of piperazine rings is 1. The summed E-state index contributed by atoms with van der Waals surface area (Å²) in [7, 11) is 0. The molecule has 0 unspecified atom stereocenters. The van der Waals surface area contributed by atoms with E-state index < -0.39 is 4.92 Å². The van der Waals surface area contributed by atoms with Crippen molar-refractivity contribution in [1.29, 1.82) is 0 Å². The summed E-state index contributed by atoms with van der Waals surface area (Å²) in [6.45, 7) is 7.64. The van der Waals surface area contributed by atoms with Crippen LogP contribution in [0.15, 0.2) is 36.5 Å². The smallest absolute Gasteiger partial charge is 0.368 e. The van der Waals surface area contributed by atoms with Gasteiger partial charge in [-0.3, -0.25) is 0 Å². The molecule has 0 aliphatic carbocycles. The van der Waals surface area contributed by atoms with Crippen LogP contribution in [0.3, 0.4) is 0 Å². The molecule has 1 aliphatic heterocycles. The zero-order chi connectivity index (χ0) is 18.3. The van der Waals surface area contributed by atoms with Gasteiger partial charge in [0.1, 0.15) is 6.20 Å². The van der Waals surface area contributed by atoms with Crippen LogP contribution in [-0.2, 0) is 0 Å². The Bertz CT molecular complexity index is 975. The van der Waals surface area contributed by atoms with Crippen molar-refractivity contribution in [2.75, 3.05) is 36.0 Å². The lowest BCUT2D eigenvalue weighted by Crippen LogP contribution is -2.47. The Labute approximate surface area is 150 Å². The van der Waals surface area contributed by atoms with Crippen molar-refractivity contribution in [1.82, 2.24) is 14.6 Å². The van der Waals surface area contributed by atoms with Gasteiger partial charge in [-0.25, -0.2) is 4.98 Å². The van der Waals surface area contributed by atoms with Crippen molar-refractivity contribution in [3.05, 3.63) is 57.8 Å². The molecule has 0 amide bonds. The zero-order valence-electron chi connectivity index (χ0n) is 14.8. The number of hydrogen-bond donors (Lipinski definition) is 0. The van der Waals surface area contributed by atoms with Crippen molar-refractivity contribution >= 4 is 23.0 Å². The number of rotatable bonds is 3. The van der Waals surface area contributed by atoms with E-state index >= 15 is 0 Å². The van der Waals surface area contributed by atoms with E-state index in [0.29, 0.717) is 5.65 Å². The minimum absolute atomic E-state index is 0.115. The van der Waals surface area contributed by atoms with Crippen molar-refractivity contribution < 1.29 is 4.92 Å². The van der Waals surface area contributed by atoms with E-state index in [1.807, 2.05) is 6.07 Å². The third-order valence-corrected chi connectivity index (χ3v) is 4.83. The number of aromatic nitrogens is 3. The maximum Gasteiger partial charge on any atom is 0.368 e. The molecule has 3 aromatic rings. The van der Waals surface area contributed by atoms with E-state index in [2.05, 4.69) is 51.9 Å². The molecule has 8 nitrogen and oxygen atoms in total. The van der Waals surface area contributed by atoms with E-state index in [1.54, 1.807) is 6.07 Å². The highest BCUT2D eigenvalue weighted by molar-refractivity contribution is 5.57. The molecular formula is C18H20N6O2. The fourth-order valence-electron chi connectivity index (χ4n) is 3.38. The molecule has 8 heteroatoms. The molecule has 4 rings (SSSR count). The summed E-state index contributed by atoms with van der Waals surface area (Å²) in [5.74, 6) is 0.620. The second kappa shape index (κ2) is 6.29. The first-order valence-corrected chi connectivity index (χ1v) is 8.59. The van der Waals surface area contributed by atoms with Crippen LogP contribution < -0.4 is 9.80 Å². The van der Waals surface area contributed by atoms with Gasteiger partial charge in [0.05, 0.1) is 0 Å². The lowest BCUT2D eigenvalue weighted by atomic mass is 10.1. The van der Waals surface area contributed by atoms with Gasteiger partial charge in [-0.2, -0.15) is 0 Å². The molecular weight excluding hydrogens is 332 g/mol. The number of fused-ring (bicyclic) bond motifs is 1. The zero-order valence-corrected chi connectivity index (χ0v) is 14.8. The summed E-state index contributed by atoms with van der Waals surface area (Å²) >= 11 is 0. The summed E-state index contributed by atoms with van der Waals surface area (Å²) in [5.41, 5.74) is 4.29. The number of benzene rings is 1. The van der Waals surface area contributed by atoms with Gasteiger partial charge in [-0.05, 0) is 42.0 Å². The van der Waals surface area contributed by atoms with Gasteiger partial charge in [0, 0.05) is 37.9 Å². The molecule has 0 saturated carbocycles. The van der Waals surface area contributed by atoms with Crippen molar-refractivity contribution in [2.24, 2.45) is 0 Å². The molecule has 0 bridgehead atoms. The quantitative estimate of drug-likeness (QED) is 0.532. The Balaban J connectivity index is 1.54. The van der Waals surface area contributed by atoms with E-state index in [-0.39, 0.29) is 5.82 Å². The van der Waals surface area contributed by atoms with E-state index in [4.69, 9.17) is 0 Å². The van der Waals surface area contributed by atoms with Crippen LogP contribution in [0.1, 0.15) is 11.1 Å². The predicted octanol–water partition coefficient (Wildman–Crippen LogP) is 2.58. The number of aryl methyl sites for hydroxylation is 2. The Hall–Kier alpha value is -3.16. The Morgan fingerprint density at radius 1 is 1.04 bits per heavy atom. The lowest BCUT2D eigenvalue weighted by Gasteiger charge is -2.37. The third kappa shape index (κ3) is 2.83. The Morgan fingerprint density at radius 3 is 2.50 bits per heavy atom.